The van der Waals surface area contributed by atoms with E-state index >= 15 is 0 Å². The second kappa shape index (κ2) is 6.56. The van der Waals surface area contributed by atoms with E-state index in [0.717, 1.165) is 31.7 Å². The van der Waals surface area contributed by atoms with Crippen molar-refractivity contribution in [1.82, 2.24) is 4.98 Å². The molecule has 1 unspecified atom stereocenters. The van der Waals surface area contributed by atoms with E-state index in [1.165, 1.54) is 24.2 Å². The van der Waals surface area contributed by atoms with Crippen LogP contribution >= 0.6 is 0 Å². The summed E-state index contributed by atoms with van der Waals surface area (Å²) >= 11 is 0. The molecule has 22 heavy (non-hydrogen) atoms. The van der Waals surface area contributed by atoms with Gasteiger partial charge >= 0.3 is 0 Å². The summed E-state index contributed by atoms with van der Waals surface area (Å²) in [5, 5.41) is 10.7. The van der Waals surface area contributed by atoms with Gasteiger partial charge < -0.3 is 4.90 Å². The predicted molar refractivity (Wildman–Crippen MR) is 86.1 cm³/mol. The topological polar surface area (TPSA) is 59.3 Å². The largest absolute Gasteiger partial charge is 0.357 e. The summed E-state index contributed by atoms with van der Waals surface area (Å²) in [6.07, 6.45) is 4.71. The molecule has 114 valence electrons. The van der Waals surface area contributed by atoms with E-state index in [1.807, 2.05) is 6.07 Å². The molecule has 1 saturated heterocycles. The molecule has 0 spiro atoms. The van der Waals surface area contributed by atoms with Crippen molar-refractivity contribution >= 4 is 11.5 Å². The first-order valence-electron chi connectivity index (χ1n) is 7.64. The van der Waals surface area contributed by atoms with Gasteiger partial charge in [0.05, 0.1) is 4.92 Å². The van der Waals surface area contributed by atoms with Crippen LogP contribution in [0.25, 0.3) is 0 Å². The molecule has 2 heterocycles. The molecule has 0 saturated carbocycles. The lowest BCUT2D eigenvalue weighted by atomic mass is 9.92. The van der Waals surface area contributed by atoms with Crippen molar-refractivity contribution < 1.29 is 4.92 Å². The summed E-state index contributed by atoms with van der Waals surface area (Å²) in [6, 6.07) is 13.9. The van der Waals surface area contributed by atoms with E-state index in [-0.39, 0.29) is 5.69 Å². The minimum atomic E-state index is -0.412. The van der Waals surface area contributed by atoms with Crippen LogP contribution < -0.4 is 4.90 Å². The quantitative estimate of drug-likeness (QED) is 0.639. The van der Waals surface area contributed by atoms with Crippen LogP contribution in [0.2, 0.25) is 0 Å². The van der Waals surface area contributed by atoms with Gasteiger partial charge in [0.25, 0.3) is 5.69 Å². The fourth-order valence-corrected chi connectivity index (χ4v) is 3.06. The molecule has 1 aromatic heterocycles. The zero-order chi connectivity index (χ0) is 15.4. The van der Waals surface area contributed by atoms with Crippen LogP contribution in [0.5, 0.6) is 0 Å². The average molecular weight is 297 g/mol. The highest BCUT2D eigenvalue weighted by molar-refractivity contribution is 5.43. The van der Waals surface area contributed by atoms with Crippen molar-refractivity contribution in [2.75, 3.05) is 18.0 Å². The molecule has 0 bridgehead atoms. The van der Waals surface area contributed by atoms with Crippen LogP contribution in [0.15, 0.2) is 48.7 Å². The molecular formula is C17H19N3O2. The van der Waals surface area contributed by atoms with Crippen LogP contribution in [0, 0.1) is 10.1 Å². The third-order valence-electron chi connectivity index (χ3n) is 4.27. The summed E-state index contributed by atoms with van der Waals surface area (Å²) in [6.45, 7) is 1.89. The van der Waals surface area contributed by atoms with E-state index < -0.39 is 4.92 Å². The van der Waals surface area contributed by atoms with Gasteiger partial charge in [-0.2, -0.15) is 0 Å². The van der Waals surface area contributed by atoms with Crippen LogP contribution in [0.3, 0.4) is 0 Å². The fraction of sp³-hybridized carbons (Fsp3) is 0.353. The minimum absolute atomic E-state index is 0.0423. The number of aromatic nitrogens is 1. The van der Waals surface area contributed by atoms with E-state index in [4.69, 9.17) is 0 Å². The summed E-state index contributed by atoms with van der Waals surface area (Å²) in [7, 11) is 0. The highest BCUT2D eigenvalue weighted by Gasteiger charge is 2.19. The Kier molecular flexibility index (Phi) is 4.32. The molecule has 0 aliphatic carbocycles. The first kappa shape index (κ1) is 14.5. The number of rotatable bonds is 3. The molecular weight excluding hydrogens is 278 g/mol. The van der Waals surface area contributed by atoms with Crippen molar-refractivity contribution in [3.8, 4) is 0 Å². The van der Waals surface area contributed by atoms with Crippen molar-refractivity contribution in [1.29, 1.82) is 0 Å². The van der Waals surface area contributed by atoms with Crippen LogP contribution in [0.4, 0.5) is 11.5 Å². The molecule has 3 rings (SSSR count). The highest BCUT2D eigenvalue weighted by atomic mass is 16.6. The van der Waals surface area contributed by atoms with Crippen LogP contribution in [-0.4, -0.2) is 23.0 Å². The number of nitro groups is 1. The van der Waals surface area contributed by atoms with Gasteiger partial charge in [0, 0.05) is 19.2 Å². The van der Waals surface area contributed by atoms with E-state index in [9.17, 15) is 10.1 Å². The normalized spacial score (nSPS) is 18.7. The number of anilines is 1. The van der Waals surface area contributed by atoms with Gasteiger partial charge in [-0.25, -0.2) is 4.98 Å². The SMILES string of the molecule is O=[N+]([O-])c1ccc(N2CCCC(c3ccccc3)CC2)nc1. The Morgan fingerprint density at radius 2 is 1.91 bits per heavy atom. The second-order valence-electron chi connectivity index (χ2n) is 5.66. The Labute approximate surface area is 129 Å². The van der Waals surface area contributed by atoms with Gasteiger partial charge in [-0.3, -0.25) is 10.1 Å². The Bertz CT molecular complexity index is 628. The Hall–Kier alpha value is -2.43. The maximum absolute atomic E-state index is 10.7. The lowest BCUT2D eigenvalue weighted by molar-refractivity contribution is -0.385. The Morgan fingerprint density at radius 3 is 2.59 bits per heavy atom. The third kappa shape index (κ3) is 3.24. The molecule has 5 heteroatoms. The smallest absolute Gasteiger partial charge is 0.287 e. The van der Waals surface area contributed by atoms with E-state index in [1.54, 1.807) is 6.07 Å². The van der Waals surface area contributed by atoms with Crippen LogP contribution in [0.1, 0.15) is 30.7 Å². The van der Waals surface area contributed by atoms with E-state index in [2.05, 4.69) is 34.1 Å². The zero-order valence-electron chi connectivity index (χ0n) is 12.4. The van der Waals surface area contributed by atoms with Gasteiger partial charge in [0.15, 0.2) is 0 Å². The van der Waals surface area contributed by atoms with E-state index in [0.29, 0.717) is 5.92 Å². The Morgan fingerprint density at radius 1 is 1.09 bits per heavy atom. The summed E-state index contributed by atoms with van der Waals surface area (Å²) < 4.78 is 0. The maximum Gasteiger partial charge on any atom is 0.287 e. The molecule has 0 radical (unpaired) electrons. The summed E-state index contributed by atoms with van der Waals surface area (Å²) in [5.74, 6) is 1.42. The molecule has 1 fully saturated rings. The maximum atomic E-state index is 10.7. The first-order chi connectivity index (χ1) is 10.7. The summed E-state index contributed by atoms with van der Waals surface area (Å²) in [4.78, 5) is 16.8. The fourth-order valence-electron chi connectivity index (χ4n) is 3.06. The van der Waals surface area contributed by atoms with Gasteiger partial charge in [-0.1, -0.05) is 30.3 Å². The number of hydrogen-bond donors (Lipinski definition) is 0. The lowest BCUT2D eigenvalue weighted by Gasteiger charge is -2.21. The molecule has 0 amide bonds. The highest BCUT2D eigenvalue weighted by Crippen LogP contribution is 2.29. The molecule has 2 aromatic rings. The number of hydrogen-bond acceptors (Lipinski definition) is 4. The Balaban J connectivity index is 1.68. The first-order valence-corrected chi connectivity index (χ1v) is 7.64. The molecule has 1 aromatic carbocycles. The molecule has 5 nitrogen and oxygen atoms in total. The summed E-state index contributed by atoms with van der Waals surface area (Å²) in [5.41, 5.74) is 1.45. The van der Waals surface area contributed by atoms with Gasteiger partial charge in [-0.05, 0) is 36.8 Å². The van der Waals surface area contributed by atoms with Crippen molar-refractivity contribution in [2.24, 2.45) is 0 Å². The minimum Gasteiger partial charge on any atom is -0.357 e. The van der Waals surface area contributed by atoms with Gasteiger partial charge in [0.1, 0.15) is 12.0 Å². The van der Waals surface area contributed by atoms with Crippen molar-refractivity contribution in [3.05, 3.63) is 64.3 Å². The molecule has 1 aliphatic heterocycles. The predicted octanol–water partition coefficient (Wildman–Crippen LogP) is 3.76. The average Bonchev–Trinajstić information content (AvgIpc) is 2.82. The van der Waals surface area contributed by atoms with Crippen LogP contribution in [-0.2, 0) is 0 Å². The number of benzene rings is 1. The third-order valence-corrected chi connectivity index (χ3v) is 4.27. The monoisotopic (exact) mass is 297 g/mol. The molecule has 0 N–H and O–H groups in total. The van der Waals surface area contributed by atoms with Gasteiger partial charge in [-0.15, -0.1) is 0 Å². The second-order valence-corrected chi connectivity index (χ2v) is 5.66. The standard InChI is InChI=1S/C17H19N3O2/c21-20(22)16-8-9-17(18-13-16)19-11-4-7-15(10-12-19)14-5-2-1-3-6-14/h1-3,5-6,8-9,13,15H,4,7,10-12H2. The van der Waals surface area contributed by atoms with Gasteiger partial charge in [0.2, 0.25) is 0 Å². The zero-order valence-corrected chi connectivity index (χ0v) is 12.4. The number of pyridine rings is 1. The number of nitrogens with zero attached hydrogens (tertiary/aromatic N) is 3. The lowest BCUT2D eigenvalue weighted by Crippen LogP contribution is -2.25. The van der Waals surface area contributed by atoms with Crippen molar-refractivity contribution in [3.63, 3.8) is 0 Å². The molecule has 1 atom stereocenters. The molecule has 1 aliphatic rings. The van der Waals surface area contributed by atoms with Crippen molar-refractivity contribution in [2.45, 2.75) is 25.2 Å².